The van der Waals surface area contributed by atoms with Crippen LogP contribution in [0.25, 0.3) is 0 Å². The van der Waals surface area contributed by atoms with Crippen molar-refractivity contribution in [3.63, 3.8) is 0 Å². The van der Waals surface area contributed by atoms with Crippen LogP contribution in [0.5, 0.6) is 5.75 Å². The lowest BCUT2D eigenvalue weighted by Crippen LogP contribution is -2.57. The molecule has 154 valence electrons. The Labute approximate surface area is 178 Å². The molecule has 9 heteroatoms. The van der Waals surface area contributed by atoms with Gasteiger partial charge in [0, 0.05) is 20.1 Å². The fraction of sp³-hybridized carbons (Fsp3) is 0.611. The van der Waals surface area contributed by atoms with E-state index >= 15 is 0 Å². The average Bonchev–Trinajstić information content (AvgIpc) is 2.59. The summed E-state index contributed by atoms with van der Waals surface area (Å²) in [5, 5.41) is 3.23. The summed E-state index contributed by atoms with van der Waals surface area (Å²) in [5.74, 6) is 0.562. The van der Waals surface area contributed by atoms with Crippen molar-refractivity contribution in [2.45, 2.75) is 38.0 Å². The Balaban J connectivity index is 0.00000364. The first-order chi connectivity index (χ1) is 12.2. The largest absolute Gasteiger partial charge is 0.486 e. The van der Waals surface area contributed by atoms with Gasteiger partial charge in [0.05, 0.1) is 17.0 Å². The van der Waals surface area contributed by atoms with Crippen LogP contribution in [0.15, 0.2) is 29.3 Å². The molecular formula is C18H29FIN3O3S. The highest BCUT2D eigenvalue weighted by Crippen LogP contribution is 2.24. The van der Waals surface area contributed by atoms with E-state index in [4.69, 9.17) is 4.74 Å². The topological polar surface area (TPSA) is 71.0 Å². The molecule has 1 aliphatic rings. The van der Waals surface area contributed by atoms with E-state index in [1.807, 2.05) is 11.8 Å². The predicted molar refractivity (Wildman–Crippen MR) is 117 cm³/mol. The van der Waals surface area contributed by atoms with Gasteiger partial charge < -0.3 is 15.0 Å². The smallest absolute Gasteiger partial charge is 0.193 e. The van der Waals surface area contributed by atoms with Crippen molar-refractivity contribution in [2.75, 3.05) is 32.4 Å². The van der Waals surface area contributed by atoms with E-state index in [2.05, 4.69) is 10.3 Å². The predicted octanol–water partition coefficient (Wildman–Crippen LogP) is 2.69. The van der Waals surface area contributed by atoms with Gasteiger partial charge in [0.25, 0.3) is 0 Å². The summed E-state index contributed by atoms with van der Waals surface area (Å²) >= 11 is 0. The van der Waals surface area contributed by atoms with Gasteiger partial charge in [0.1, 0.15) is 6.10 Å². The summed E-state index contributed by atoms with van der Waals surface area (Å²) in [4.78, 5) is 6.20. The van der Waals surface area contributed by atoms with Crippen LogP contribution in [0.1, 0.15) is 27.2 Å². The van der Waals surface area contributed by atoms with Gasteiger partial charge in [-0.1, -0.05) is 19.1 Å². The van der Waals surface area contributed by atoms with Crippen LogP contribution < -0.4 is 10.1 Å². The number of halogens is 2. The molecule has 1 aromatic rings. The lowest BCUT2D eigenvalue weighted by atomic mass is 10.2. The fourth-order valence-electron chi connectivity index (χ4n) is 2.85. The van der Waals surface area contributed by atoms with Crippen LogP contribution in [-0.2, 0) is 9.84 Å². The van der Waals surface area contributed by atoms with Gasteiger partial charge in [0.15, 0.2) is 27.4 Å². The van der Waals surface area contributed by atoms with Crippen LogP contribution >= 0.6 is 24.0 Å². The van der Waals surface area contributed by atoms with Crippen LogP contribution in [-0.4, -0.2) is 62.6 Å². The molecule has 0 spiro atoms. The van der Waals surface area contributed by atoms with Crippen molar-refractivity contribution < 1.29 is 17.5 Å². The van der Waals surface area contributed by atoms with Gasteiger partial charge >= 0.3 is 0 Å². The number of aliphatic imine (C=N–C) groups is 1. The van der Waals surface area contributed by atoms with Crippen LogP contribution in [0.3, 0.4) is 0 Å². The number of benzene rings is 1. The molecule has 6 nitrogen and oxygen atoms in total. The molecule has 1 N–H and O–H groups in total. The second-order valence-corrected chi connectivity index (χ2v) is 9.75. The minimum Gasteiger partial charge on any atom is -0.486 e. The summed E-state index contributed by atoms with van der Waals surface area (Å²) in [7, 11) is -1.44. The Morgan fingerprint density at radius 2 is 2.07 bits per heavy atom. The standard InChI is InChI=1S/C18H28FN3O3S.HI/c1-5-14(25-16-9-7-6-8-15(16)19)12-21-17(20-4)22-10-11-26(23,24)18(2,3)13-22;/h6-9,14H,5,10-13H2,1-4H3,(H,20,21);1H. The van der Waals surface area contributed by atoms with E-state index in [0.29, 0.717) is 32.0 Å². The van der Waals surface area contributed by atoms with Crippen molar-refractivity contribution in [1.82, 2.24) is 10.2 Å². The van der Waals surface area contributed by atoms with Gasteiger partial charge in [0.2, 0.25) is 0 Å². The summed E-state index contributed by atoms with van der Waals surface area (Å²) in [6, 6.07) is 6.32. The minimum absolute atomic E-state index is 0. The molecule has 1 unspecified atom stereocenters. The van der Waals surface area contributed by atoms with Gasteiger partial charge in [-0.15, -0.1) is 24.0 Å². The maximum atomic E-state index is 13.8. The molecule has 1 aromatic carbocycles. The number of hydrogen-bond acceptors (Lipinski definition) is 4. The lowest BCUT2D eigenvalue weighted by molar-refractivity contribution is 0.189. The molecule has 1 aliphatic heterocycles. The second kappa shape index (κ2) is 9.90. The highest BCUT2D eigenvalue weighted by atomic mass is 127. The zero-order valence-electron chi connectivity index (χ0n) is 16.2. The van der Waals surface area contributed by atoms with Crippen molar-refractivity contribution >= 4 is 39.8 Å². The van der Waals surface area contributed by atoms with E-state index in [9.17, 15) is 12.8 Å². The first-order valence-electron chi connectivity index (χ1n) is 8.79. The molecule has 0 aliphatic carbocycles. The number of ether oxygens (including phenoxy) is 1. The maximum Gasteiger partial charge on any atom is 0.193 e. The summed E-state index contributed by atoms with van der Waals surface area (Å²) in [6.45, 7) is 6.65. The zero-order valence-corrected chi connectivity index (χ0v) is 19.4. The lowest BCUT2D eigenvalue weighted by Gasteiger charge is -2.39. The first kappa shape index (κ1) is 23.9. The third kappa shape index (κ3) is 5.94. The molecule has 0 bridgehead atoms. The highest BCUT2D eigenvalue weighted by molar-refractivity contribution is 14.0. The maximum absolute atomic E-state index is 13.8. The fourth-order valence-corrected chi connectivity index (χ4v) is 4.22. The first-order valence-corrected chi connectivity index (χ1v) is 10.4. The third-order valence-corrected chi connectivity index (χ3v) is 7.16. The SMILES string of the molecule is CCC(CNC(=NC)N1CCS(=O)(=O)C(C)(C)C1)Oc1ccccc1F.I. The number of guanidine groups is 1. The Bertz CT molecular complexity index is 756. The van der Waals surface area contributed by atoms with Crippen molar-refractivity contribution in [3.8, 4) is 5.75 Å². The van der Waals surface area contributed by atoms with E-state index in [1.54, 1.807) is 39.1 Å². The van der Waals surface area contributed by atoms with E-state index < -0.39 is 20.4 Å². The van der Waals surface area contributed by atoms with Crippen LogP contribution in [0.4, 0.5) is 4.39 Å². The van der Waals surface area contributed by atoms with Crippen molar-refractivity contribution in [2.24, 2.45) is 4.99 Å². The number of para-hydroxylation sites is 1. The number of nitrogens with one attached hydrogen (secondary N) is 1. The molecule has 1 fully saturated rings. The van der Waals surface area contributed by atoms with Gasteiger partial charge in [-0.05, 0) is 32.4 Å². The zero-order chi connectivity index (χ0) is 19.4. The Kier molecular flexibility index (Phi) is 8.78. The average molecular weight is 513 g/mol. The number of hydrogen-bond donors (Lipinski definition) is 1. The van der Waals surface area contributed by atoms with Gasteiger partial charge in [-0.25, -0.2) is 12.8 Å². The molecular weight excluding hydrogens is 484 g/mol. The monoisotopic (exact) mass is 513 g/mol. The number of nitrogens with zero attached hydrogens (tertiary/aromatic N) is 2. The van der Waals surface area contributed by atoms with Crippen molar-refractivity contribution in [3.05, 3.63) is 30.1 Å². The molecule has 0 saturated carbocycles. The van der Waals surface area contributed by atoms with E-state index in [-0.39, 0.29) is 41.6 Å². The summed E-state index contributed by atoms with van der Waals surface area (Å²) in [6.07, 6.45) is 0.461. The molecule has 1 atom stereocenters. The molecule has 0 radical (unpaired) electrons. The molecule has 27 heavy (non-hydrogen) atoms. The quantitative estimate of drug-likeness (QED) is 0.373. The van der Waals surface area contributed by atoms with Crippen molar-refractivity contribution in [1.29, 1.82) is 0 Å². The number of rotatable bonds is 5. The van der Waals surface area contributed by atoms with Crippen LogP contribution in [0.2, 0.25) is 0 Å². The van der Waals surface area contributed by atoms with E-state index in [1.165, 1.54) is 6.07 Å². The molecule has 0 amide bonds. The second-order valence-electron chi connectivity index (χ2n) is 7.01. The van der Waals surface area contributed by atoms with Gasteiger partial charge in [-0.3, -0.25) is 4.99 Å². The molecule has 0 aromatic heterocycles. The van der Waals surface area contributed by atoms with Crippen LogP contribution in [0, 0.1) is 5.82 Å². The summed E-state index contributed by atoms with van der Waals surface area (Å²) < 4.78 is 43.0. The minimum atomic E-state index is -3.11. The normalized spacial score (nSPS) is 19.7. The third-order valence-electron chi connectivity index (χ3n) is 4.63. The summed E-state index contributed by atoms with van der Waals surface area (Å²) in [5.41, 5.74) is 0. The molecule has 1 saturated heterocycles. The number of sulfone groups is 1. The van der Waals surface area contributed by atoms with Gasteiger partial charge in [-0.2, -0.15) is 0 Å². The van der Waals surface area contributed by atoms with E-state index in [0.717, 1.165) is 0 Å². The molecule has 2 rings (SSSR count). The highest BCUT2D eigenvalue weighted by Gasteiger charge is 2.41. The Morgan fingerprint density at radius 3 is 2.63 bits per heavy atom. The Hall–Kier alpha value is -1.10. The Morgan fingerprint density at radius 1 is 1.41 bits per heavy atom. The molecule has 1 heterocycles.